The number of nitrogens with one attached hydrogen (secondary N) is 2. The van der Waals surface area contributed by atoms with Crippen molar-refractivity contribution in [1.29, 1.82) is 0 Å². The van der Waals surface area contributed by atoms with Crippen LogP contribution in [0.25, 0.3) is 0 Å². The molecule has 0 saturated heterocycles. The molecule has 1 aromatic heterocycles. The van der Waals surface area contributed by atoms with Gasteiger partial charge < -0.3 is 10.3 Å². The van der Waals surface area contributed by atoms with Crippen molar-refractivity contribution in [2.24, 2.45) is 0 Å². The molecule has 1 heterocycles. The van der Waals surface area contributed by atoms with Crippen molar-refractivity contribution in [2.75, 3.05) is 7.05 Å². The summed E-state index contributed by atoms with van der Waals surface area (Å²) in [6.07, 6.45) is 3.71. The molecule has 0 bridgehead atoms. The van der Waals surface area contributed by atoms with Gasteiger partial charge in [-0.3, -0.25) is 4.79 Å². The molecule has 2 aromatic rings. The molecule has 0 spiro atoms. The molecule has 2 atom stereocenters. The SMILES string of the molecule is CNC1c2ccccc2CCC1Sc1nccc(=O)[nH]1. The highest BCUT2D eigenvalue weighted by atomic mass is 32.2. The van der Waals surface area contributed by atoms with E-state index in [0.717, 1.165) is 12.8 Å². The van der Waals surface area contributed by atoms with Gasteiger partial charge in [0.2, 0.25) is 0 Å². The number of aryl methyl sites for hydroxylation is 1. The Morgan fingerprint density at radius 1 is 1.35 bits per heavy atom. The smallest absolute Gasteiger partial charge is 0.251 e. The highest BCUT2D eigenvalue weighted by Gasteiger charge is 2.29. The van der Waals surface area contributed by atoms with Crippen molar-refractivity contribution in [3.8, 4) is 0 Å². The first-order valence-electron chi connectivity index (χ1n) is 6.75. The van der Waals surface area contributed by atoms with Crippen molar-refractivity contribution in [2.45, 2.75) is 29.3 Å². The summed E-state index contributed by atoms with van der Waals surface area (Å²) in [5.41, 5.74) is 2.68. The molecule has 0 aliphatic heterocycles. The summed E-state index contributed by atoms with van der Waals surface area (Å²) in [6, 6.07) is 10.3. The van der Waals surface area contributed by atoms with Gasteiger partial charge in [0.05, 0.1) is 0 Å². The standard InChI is InChI=1S/C15H17N3OS/c1-16-14-11-5-3-2-4-10(11)6-7-12(14)20-15-17-9-8-13(19)18-15/h2-5,8-9,12,14,16H,6-7H2,1H3,(H,17,18,19). The van der Waals surface area contributed by atoms with E-state index >= 15 is 0 Å². The van der Waals surface area contributed by atoms with Crippen LogP contribution in [0.15, 0.2) is 46.5 Å². The molecule has 3 rings (SSSR count). The maximum Gasteiger partial charge on any atom is 0.251 e. The molecule has 0 amide bonds. The number of benzene rings is 1. The molecule has 5 heteroatoms. The van der Waals surface area contributed by atoms with Crippen LogP contribution in [0, 0.1) is 0 Å². The number of nitrogens with zero attached hydrogens (tertiary/aromatic N) is 1. The van der Waals surface area contributed by atoms with Gasteiger partial charge >= 0.3 is 0 Å². The van der Waals surface area contributed by atoms with Gasteiger partial charge in [0.25, 0.3) is 5.56 Å². The quantitative estimate of drug-likeness (QED) is 0.849. The zero-order chi connectivity index (χ0) is 13.9. The Kier molecular flexibility index (Phi) is 3.89. The summed E-state index contributed by atoms with van der Waals surface area (Å²) in [5.74, 6) is 0. The molecule has 1 aliphatic rings. The number of rotatable bonds is 3. The van der Waals surface area contributed by atoms with E-state index in [-0.39, 0.29) is 11.6 Å². The van der Waals surface area contributed by atoms with Crippen LogP contribution in [-0.2, 0) is 6.42 Å². The maximum atomic E-state index is 11.4. The Balaban J connectivity index is 1.86. The molecule has 0 saturated carbocycles. The first kappa shape index (κ1) is 13.4. The molecular formula is C15H17N3OS. The van der Waals surface area contributed by atoms with Crippen LogP contribution in [0.2, 0.25) is 0 Å². The van der Waals surface area contributed by atoms with Gasteiger partial charge in [0, 0.05) is 23.6 Å². The van der Waals surface area contributed by atoms with E-state index in [2.05, 4.69) is 39.6 Å². The molecule has 2 unspecified atom stereocenters. The van der Waals surface area contributed by atoms with Crippen LogP contribution in [0.1, 0.15) is 23.6 Å². The molecule has 20 heavy (non-hydrogen) atoms. The average molecular weight is 287 g/mol. The fourth-order valence-corrected chi connectivity index (χ4v) is 3.98. The Morgan fingerprint density at radius 3 is 3.00 bits per heavy atom. The molecule has 1 aromatic carbocycles. The summed E-state index contributed by atoms with van der Waals surface area (Å²) in [4.78, 5) is 18.4. The second kappa shape index (κ2) is 5.81. The first-order chi connectivity index (χ1) is 9.78. The van der Waals surface area contributed by atoms with Crippen molar-refractivity contribution < 1.29 is 0 Å². The lowest BCUT2D eigenvalue weighted by molar-refractivity contribution is 0.509. The largest absolute Gasteiger partial charge is 0.312 e. The van der Waals surface area contributed by atoms with Crippen molar-refractivity contribution in [1.82, 2.24) is 15.3 Å². The Bertz CT molecular complexity index is 655. The molecule has 4 nitrogen and oxygen atoms in total. The van der Waals surface area contributed by atoms with Gasteiger partial charge in [-0.25, -0.2) is 4.98 Å². The van der Waals surface area contributed by atoms with Crippen LogP contribution >= 0.6 is 11.8 Å². The lowest BCUT2D eigenvalue weighted by Crippen LogP contribution is -2.32. The summed E-state index contributed by atoms with van der Waals surface area (Å²) in [7, 11) is 1.99. The lowest BCUT2D eigenvalue weighted by Gasteiger charge is -2.32. The minimum Gasteiger partial charge on any atom is -0.312 e. The number of aromatic nitrogens is 2. The molecule has 0 fully saturated rings. The second-order valence-electron chi connectivity index (χ2n) is 4.90. The number of H-pyrrole nitrogens is 1. The maximum absolute atomic E-state index is 11.4. The Labute approximate surface area is 122 Å². The topological polar surface area (TPSA) is 57.8 Å². The van der Waals surface area contributed by atoms with E-state index in [1.807, 2.05) is 7.05 Å². The lowest BCUT2D eigenvalue weighted by atomic mass is 9.87. The fourth-order valence-electron chi connectivity index (χ4n) is 2.75. The molecular weight excluding hydrogens is 270 g/mol. The highest BCUT2D eigenvalue weighted by molar-refractivity contribution is 7.99. The van der Waals surface area contributed by atoms with Gasteiger partial charge in [-0.05, 0) is 31.0 Å². The highest BCUT2D eigenvalue weighted by Crippen LogP contribution is 2.38. The van der Waals surface area contributed by atoms with E-state index in [9.17, 15) is 4.79 Å². The van der Waals surface area contributed by atoms with Crippen LogP contribution in [0.3, 0.4) is 0 Å². The second-order valence-corrected chi connectivity index (χ2v) is 6.13. The van der Waals surface area contributed by atoms with Crippen molar-refractivity contribution in [3.63, 3.8) is 0 Å². The summed E-state index contributed by atoms with van der Waals surface area (Å²) < 4.78 is 0. The normalized spacial score (nSPS) is 21.4. The van der Waals surface area contributed by atoms with Gasteiger partial charge in [-0.2, -0.15) is 0 Å². The third-order valence-corrected chi connectivity index (χ3v) is 4.92. The van der Waals surface area contributed by atoms with Crippen LogP contribution in [-0.4, -0.2) is 22.3 Å². The number of hydrogen-bond donors (Lipinski definition) is 2. The molecule has 104 valence electrons. The minimum atomic E-state index is -0.0975. The van der Waals surface area contributed by atoms with E-state index in [1.165, 1.54) is 17.2 Å². The van der Waals surface area contributed by atoms with Crippen molar-refractivity contribution in [3.05, 3.63) is 58.0 Å². The number of thioether (sulfide) groups is 1. The molecule has 1 aliphatic carbocycles. The van der Waals surface area contributed by atoms with E-state index in [1.54, 1.807) is 18.0 Å². The zero-order valence-corrected chi connectivity index (χ0v) is 12.1. The number of hydrogen-bond acceptors (Lipinski definition) is 4. The van der Waals surface area contributed by atoms with Crippen LogP contribution in [0.4, 0.5) is 0 Å². The molecule has 0 radical (unpaired) electrons. The first-order valence-corrected chi connectivity index (χ1v) is 7.63. The Hall–Kier alpha value is -1.59. The summed E-state index contributed by atoms with van der Waals surface area (Å²) in [6.45, 7) is 0. The average Bonchev–Trinajstić information content (AvgIpc) is 2.47. The third kappa shape index (κ3) is 2.64. The van der Waals surface area contributed by atoms with E-state index in [4.69, 9.17) is 0 Å². The van der Waals surface area contributed by atoms with Gasteiger partial charge in [-0.1, -0.05) is 36.0 Å². The number of fused-ring (bicyclic) bond motifs is 1. The predicted molar refractivity (Wildman–Crippen MR) is 81.1 cm³/mol. The van der Waals surface area contributed by atoms with Crippen LogP contribution in [0.5, 0.6) is 0 Å². The predicted octanol–water partition coefficient (Wildman–Crippen LogP) is 2.14. The van der Waals surface area contributed by atoms with Crippen molar-refractivity contribution >= 4 is 11.8 Å². The fraction of sp³-hybridized carbons (Fsp3) is 0.333. The minimum absolute atomic E-state index is 0.0975. The van der Waals surface area contributed by atoms with Crippen LogP contribution < -0.4 is 10.9 Å². The van der Waals surface area contributed by atoms with Gasteiger partial charge in [0.15, 0.2) is 5.16 Å². The van der Waals surface area contributed by atoms with Gasteiger partial charge in [-0.15, -0.1) is 0 Å². The summed E-state index contributed by atoms with van der Waals surface area (Å²) in [5, 5.41) is 4.48. The Morgan fingerprint density at radius 2 is 2.20 bits per heavy atom. The summed E-state index contributed by atoms with van der Waals surface area (Å²) >= 11 is 1.65. The monoisotopic (exact) mass is 287 g/mol. The van der Waals surface area contributed by atoms with E-state index in [0.29, 0.717) is 10.4 Å². The number of aromatic amines is 1. The van der Waals surface area contributed by atoms with Gasteiger partial charge in [0.1, 0.15) is 0 Å². The van der Waals surface area contributed by atoms with E-state index < -0.39 is 0 Å². The molecule has 2 N–H and O–H groups in total. The third-order valence-electron chi connectivity index (χ3n) is 3.68. The zero-order valence-electron chi connectivity index (χ0n) is 11.3.